The van der Waals surface area contributed by atoms with E-state index < -0.39 is 0 Å². The molecule has 2 nitrogen and oxygen atoms in total. The summed E-state index contributed by atoms with van der Waals surface area (Å²) < 4.78 is 5.90. The Labute approximate surface area is 133 Å². The second-order valence-electron chi connectivity index (χ2n) is 7.50. The van der Waals surface area contributed by atoms with E-state index in [-0.39, 0.29) is 12.1 Å². The minimum Gasteiger partial charge on any atom is -0.461 e. The van der Waals surface area contributed by atoms with Crippen LogP contribution < -0.4 is 0 Å². The van der Waals surface area contributed by atoms with Gasteiger partial charge in [-0.05, 0) is 67.9 Å². The predicted octanol–water partition coefficient (Wildman–Crippen LogP) is 4.67. The summed E-state index contributed by atoms with van der Waals surface area (Å²) in [6.07, 6.45) is 12.2. The Bertz CT molecular complexity index is 327. The van der Waals surface area contributed by atoms with Gasteiger partial charge in [0.2, 0.25) is 0 Å². The van der Waals surface area contributed by atoms with Crippen molar-refractivity contribution < 1.29 is 9.53 Å². The number of unbranched alkanes of at least 4 members (excludes halogenated alkanes) is 3. The van der Waals surface area contributed by atoms with Crippen LogP contribution in [0.1, 0.15) is 64.7 Å². The molecule has 4 bridgehead atoms. The first-order chi connectivity index (χ1) is 10.3. The Hall–Kier alpha value is -0.180. The first-order valence-corrected chi connectivity index (χ1v) is 10.2. The molecule has 0 aromatic heterocycles. The standard InChI is InChI=1S/C18H30O2S/c1-2-3-4-5-6-21-12-17(19)20-18-15-8-13-7-14(10-15)11-16(18)9-13/h13-16,18H,2-12H2,1H3. The molecule has 0 heterocycles. The van der Waals surface area contributed by atoms with Gasteiger partial charge in [-0.15, -0.1) is 0 Å². The van der Waals surface area contributed by atoms with Gasteiger partial charge in [-0.25, -0.2) is 0 Å². The smallest absolute Gasteiger partial charge is 0.316 e. The lowest BCUT2D eigenvalue weighted by Gasteiger charge is -2.53. The largest absolute Gasteiger partial charge is 0.461 e. The van der Waals surface area contributed by atoms with Crippen LogP contribution in [0.3, 0.4) is 0 Å². The van der Waals surface area contributed by atoms with E-state index in [1.807, 2.05) is 0 Å². The van der Waals surface area contributed by atoms with Crippen molar-refractivity contribution in [1.29, 1.82) is 0 Å². The van der Waals surface area contributed by atoms with Crippen molar-refractivity contribution >= 4 is 17.7 Å². The number of ether oxygens (including phenoxy) is 1. The summed E-state index contributed by atoms with van der Waals surface area (Å²) in [6.45, 7) is 2.23. The molecule has 0 aromatic carbocycles. The van der Waals surface area contributed by atoms with Crippen molar-refractivity contribution in [2.24, 2.45) is 23.7 Å². The first kappa shape index (κ1) is 15.7. The summed E-state index contributed by atoms with van der Waals surface area (Å²) in [4.78, 5) is 12.1. The molecule has 0 N–H and O–H groups in total. The van der Waals surface area contributed by atoms with E-state index in [1.54, 1.807) is 11.8 Å². The van der Waals surface area contributed by atoms with Gasteiger partial charge >= 0.3 is 5.97 Å². The van der Waals surface area contributed by atoms with Crippen LogP contribution in [0, 0.1) is 23.7 Å². The fourth-order valence-corrected chi connectivity index (χ4v) is 5.83. The van der Waals surface area contributed by atoms with Crippen LogP contribution in [-0.2, 0) is 9.53 Å². The maximum absolute atomic E-state index is 12.1. The van der Waals surface area contributed by atoms with E-state index in [2.05, 4.69) is 6.92 Å². The Kier molecular flexibility index (Phi) is 5.53. The normalized spacial score (nSPS) is 36.9. The molecular weight excluding hydrogens is 280 g/mol. The van der Waals surface area contributed by atoms with Crippen LogP contribution in [0.4, 0.5) is 0 Å². The maximum Gasteiger partial charge on any atom is 0.316 e. The maximum atomic E-state index is 12.1. The second-order valence-corrected chi connectivity index (χ2v) is 8.60. The minimum absolute atomic E-state index is 0.0490. The molecule has 4 rings (SSSR count). The average Bonchev–Trinajstić information content (AvgIpc) is 2.46. The van der Waals surface area contributed by atoms with Crippen molar-refractivity contribution in [2.75, 3.05) is 11.5 Å². The third-order valence-electron chi connectivity index (χ3n) is 5.77. The minimum atomic E-state index is 0.0490. The van der Waals surface area contributed by atoms with Crippen LogP contribution in [0.5, 0.6) is 0 Å². The highest BCUT2D eigenvalue weighted by atomic mass is 32.2. The van der Waals surface area contributed by atoms with Gasteiger partial charge in [0.15, 0.2) is 0 Å². The quantitative estimate of drug-likeness (QED) is 0.481. The SMILES string of the molecule is CCCCCCSCC(=O)OC1C2CC3CC(C2)CC1C3. The molecule has 0 amide bonds. The predicted molar refractivity (Wildman–Crippen MR) is 88.4 cm³/mol. The molecule has 0 unspecified atom stereocenters. The number of hydrogen-bond donors (Lipinski definition) is 0. The highest BCUT2D eigenvalue weighted by Crippen LogP contribution is 2.54. The third-order valence-corrected chi connectivity index (χ3v) is 6.79. The summed E-state index contributed by atoms with van der Waals surface area (Å²) in [7, 11) is 0. The summed E-state index contributed by atoms with van der Waals surface area (Å²) in [5.74, 6) is 5.02. The lowest BCUT2D eigenvalue weighted by atomic mass is 9.55. The van der Waals surface area contributed by atoms with Crippen molar-refractivity contribution in [2.45, 2.75) is 70.8 Å². The fourth-order valence-electron chi connectivity index (χ4n) is 5.04. The topological polar surface area (TPSA) is 26.3 Å². The summed E-state index contributed by atoms with van der Waals surface area (Å²) in [5, 5.41) is 0. The molecule has 0 spiro atoms. The molecule has 0 saturated heterocycles. The zero-order valence-electron chi connectivity index (χ0n) is 13.4. The molecular formula is C18H30O2S. The van der Waals surface area contributed by atoms with Crippen LogP contribution in [0.15, 0.2) is 0 Å². The Morgan fingerprint density at radius 1 is 1.00 bits per heavy atom. The molecule has 21 heavy (non-hydrogen) atoms. The monoisotopic (exact) mass is 310 g/mol. The van der Waals surface area contributed by atoms with E-state index in [1.165, 1.54) is 57.8 Å². The van der Waals surface area contributed by atoms with Crippen molar-refractivity contribution in [3.8, 4) is 0 Å². The summed E-state index contributed by atoms with van der Waals surface area (Å²) in [5.41, 5.74) is 0. The van der Waals surface area contributed by atoms with E-state index >= 15 is 0 Å². The zero-order valence-corrected chi connectivity index (χ0v) is 14.2. The zero-order chi connectivity index (χ0) is 14.7. The van der Waals surface area contributed by atoms with Crippen LogP contribution in [0.2, 0.25) is 0 Å². The molecule has 3 heteroatoms. The van der Waals surface area contributed by atoms with E-state index in [4.69, 9.17) is 4.74 Å². The number of esters is 1. The molecule has 0 aromatic rings. The number of carbonyl (C=O) groups is 1. The average molecular weight is 311 g/mol. The highest BCUT2D eigenvalue weighted by molar-refractivity contribution is 7.99. The number of carbonyl (C=O) groups excluding carboxylic acids is 1. The summed E-state index contributed by atoms with van der Waals surface area (Å²) >= 11 is 1.76. The molecule has 4 aliphatic carbocycles. The van der Waals surface area contributed by atoms with Gasteiger partial charge < -0.3 is 4.74 Å². The number of hydrogen-bond acceptors (Lipinski definition) is 3. The van der Waals surface area contributed by atoms with Gasteiger partial charge in [0.25, 0.3) is 0 Å². The Morgan fingerprint density at radius 3 is 2.29 bits per heavy atom. The molecule has 4 fully saturated rings. The lowest BCUT2D eigenvalue weighted by molar-refractivity contribution is -0.167. The highest BCUT2D eigenvalue weighted by Gasteiger charge is 2.49. The molecule has 0 aliphatic heterocycles. The first-order valence-electron chi connectivity index (χ1n) is 9.03. The van der Waals surface area contributed by atoms with E-state index in [0.29, 0.717) is 17.6 Å². The second kappa shape index (κ2) is 7.39. The molecule has 4 saturated carbocycles. The van der Waals surface area contributed by atoms with Gasteiger partial charge in [-0.1, -0.05) is 26.2 Å². The van der Waals surface area contributed by atoms with Gasteiger partial charge in [-0.2, -0.15) is 11.8 Å². The van der Waals surface area contributed by atoms with Gasteiger partial charge in [0.1, 0.15) is 6.10 Å². The fraction of sp³-hybridized carbons (Fsp3) is 0.944. The number of thioether (sulfide) groups is 1. The third kappa shape index (κ3) is 3.97. The number of rotatable bonds is 8. The van der Waals surface area contributed by atoms with Crippen LogP contribution in [-0.4, -0.2) is 23.6 Å². The molecule has 0 radical (unpaired) electrons. The van der Waals surface area contributed by atoms with E-state index in [0.717, 1.165) is 17.6 Å². The van der Waals surface area contributed by atoms with Crippen LogP contribution in [0.25, 0.3) is 0 Å². The van der Waals surface area contributed by atoms with Gasteiger partial charge in [0.05, 0.1) is 5.75 Å². The van der Waals surface area contributed by atoms with Crippen molar-refractivity contribution in [1.82, 2.24) is 0 Å². The van der Waals surface area contributed by atoms with Crippen molar-refractivity contribution in [3.05, 3.63) is 0 Å². The van der Waals surface area contributed by atoms with Crippen molar-refractivity contribution in [3.63, 3.8) is 0 Å². The lowest BCUT2D eigenvalue weighted by Crippen LogP contribution is -2.50. The Balaban J connectivity index is 1.35. The molecule has 0 atom stereocenters. The van der Waals surface area contributed by atoms with E-state index in [9.17, 15) is 4.79 Å². The summed E-state index contributed by atoms with van der Waals surface area (Å²) in [6, 6.07) is 0. The van der Waals surface area contributed by atoms with Crippen LogP contribution >= 0.6 is 11.8 Å². The Morgan fingerprint density at radius 2 is 1.67 bits per heavy atom. The molecule has 120 valence electrons. The van der Waals surface area contributed by atoms with Gasteiger partial charge in [-0.3, -0.25) is 4.79 Å². The molecule has 4 aliphatic rings. The van der Waals surface area contributed by atoms with Gasteiger partial charge in [0, 0.05) is 0 Å².